The molecule has 0 saturated carbocycles. The van der Waals surface area contributed by atoms with Crippen LogP contribution < -0.4 is 10.5 Å². The summed E-state index contributed by atoms with van der Waals surface area (Å²) in [5.41, 5.74) is 7.78. The zero-order valence-corrected chi connectivity index (χ0v) is 12.2. The van der Waals surface area contributed by atoms with Gasteiger partial charge in [-0.1, -0.05) is 32.9 Å². The van der Waals surface area contributed by atoms with Crippen LogP contribution in [0.2, 0.25) is 0 Å². The fourth-order valence-corrected chi connectivity index (χ4v) is 2.03. The van der Waals surface area contributed by atoms with Gasteiger partial charge in [0.25, 0.3) is 0 Å². The van der Waals surface area contributed by atoms with Gasteiger partial charge in [0.1, 0.15) is 5.75 Å². The molecule has 0 aliphatic carbocycles. The smallest absolute Gasteiger partial charge is 0.226 e. The molecule has 0 amide bonds. The minimum absolute atomic E-state index is 0.145. The molecule has 100 valence electrons. The molecule has 3 nitrogen and oxygen atoms in total. The normalized spacial score (nSPS) is 15.5. The largest absolute Gasteiger partial charge is 0.438 e. The van der Waals surface area contributed by atoms with Crippen molar-refractivity contribution >= 4 is 17.8 Å². The molecule has 2 N–H and O–H groups in total. The second-order valence-corrected chi connectivity index (χ2v) is 5.99. The number of rotatable bonds is 1. The van der Waals surface area contributed by atoms with E-state index in [1.807, 2.05) is 12.1 Å². The molecule has 0 unspecified atom stereocenters. The van der Waals surface area contributed by atoms with E-state index in [4.69, 9.17) is 10.5 Å². The summed E-state index contributed by atoms with van der Waals surface area (Å²) >= 11 is 1.27. The average molecular weight is 274 g/mol. The van der Waals surface area contributed by atoms with Gasteiger partial charge in [0, 0.05) is 29.1 Å². The molecule has 0 atom stereocenters. The highest BCUT2D eigenvalue weighted by molar-refractivity contribution is 8.01. The van der Waals surface area contributed by atoms with Crippen molar-refractivity contribution < 1.29 is 4.74 Å². The third kappa shape index (κ3) is 3.89. The Labute approximate surface area is 118 Å². The number of hydrogen-bond acceptors (Lipinski definition) is 4. The highest BCUT2D eigenvalue weighted by Gasteiger charge is 2.13. The first kappa shape index (κ1) is 13.7. The van der Waals surface area contributed by atoms with Crippen molar-refractivity contribution in [2.45, 2.75) is 26.2 Å². The van der Waals surface area contributed by atoms with Crippen LogP contribution in [0, 0.1) is 0 Å². The Balaban J connectivity index is 2.09. The second kappa shape index (κ2) is 5.53. The molecule has 1 aliphatic heterocycles. The van der Waals surface area contributed by atoms with E-state index in [0.29, 0.717) is 11.6 Å². The Morgan fingerprint density at radius 1 is 1.11 bits per heavy atom. The van der Waals surface area contributed by atoms with Crippen molar-refractivity contribution in [3.63, 3.8) is 0 Å². The van der Waals surface area contributed by atoms with E-state index in [1.54, 1.807) is 17.6 Å². The molecule has 1 aromatic carbocycles. The molecule has 2 rings (SSSR count). The van der Waals surface area contributed by atoms with Crippen molar-refractivity contribution in [1.82, 2.24) is 0 Å². The van der Waals surface area contributed by atoms with Gasteiger partial charge in [-0.15, -0.1) is 0 Å². The summed E-state index contributed by atoms with van der Waals surface area (Å²) in [5, 5.41) is 1.77. The molecule has 0 fully saturated rings. The SMILES string of the molecule is CC(C)(C)c1ccc(OC2=NSC=C(N)C=C2)cc1. The topological polar surface area (TPSA) is 47.6 Å². The maximum Gasteiger partial charge on any atom is 0.226 e. The Kier molecular flexibility index (Phi) is 4.00. The van der Waals surface area contributed by atoms with E-state index in [1.165, 1.54) is 17.5 Å². The maximum atomic E-state index is 5.70. The van der Waals surface area contributed by atoms with Crippen molar-refractivity contribution in [3.8, 4) is 5.75 Å². The fourth-order valence-electron chi connectivity index (χ4n) is 1.57. The van der Waals surface area contributed by atoms with Gasteiger partial charge >= 0.3 is 0 Å². The number of benzene rings is 1. The summed E-state index contributed by atoms with van der Waals surface area (Å²) in [6.45, 7) is 6.56. The van der Waals surface area contributed by atoms with Crippen LogP contribution in [-0.2, 0) is 5.41 Å². The van der Waals surface area contributed by atoms with Crippen LogP contribution in [0.1, 0.15) is 26.3 Å². The average Bonchev–Trinajstić information content (AvgIpc) is 2.54. The third-order valence-corrected chi connectivity index (χ3v) is 3.36. The van der Waals surface area contributed by atoms with Gasteiger partial charge in [-0.3, -0.25) is 0 Å². The minimum Gasteiger partial charge on any atom is -0.438 e. The molecule has 0 saturated heterocycles. The Morgan fingerprint density at radius 3 is 2.42 bits per heavy atom. The lowest BCUT2D eigenvalue weighted by molar-refractivity contribution is 0.553. The Bertz CT molecular complexity index is 536. The molecule has 0 radical (unpaired) electrons. The van der Waals surface area contributed by atoms with Crippen LogP contribution in [0.4, 0.5) is 0 Å². The molecule has 0 spiro atoms. The summed E-state index contributed by atoms with van der Waals surface area (Å²) < 4.78 is 9.91. The van der Waals surface area contributed by atoms with Crippen molar-refractivity contribution in [2.24, 2.45) is 10.1 Å². The number of nitrogens with zero attached hydrogens (tertiary/aromatic N) is 1. The Morgan fingerprint density at radius 2 is 1.79 bits per heavy atom. The van der Waals surface area contributed by atoms with Crippen LogP contribution in [0.15, 0.2) is 51.9 Å². The van der Waals surface area contributed by atoms with Crippen molar-refractivity contribution in [3.05, 3.63) is 53.1 Å². The van der Waals surface area contributed by atoms with E-state index < -0.39 is 0 Å². The number of ether oxygens (including phenoxy) is 1. The lowest BCUT2D eigenvalue weighted by Gasteiger charge is -2.19. The zero-order chi connectivity index (χ0) is 13.9. The molecule has 0 bridgehead atoms. The summed E-state index contributed by atoms with van der Waals surface area (Å²) in [4.78, 5) is 0. The van der Waals surface area contributed by atoms with Gasteiger partial charge in [-0.2, -0.15) is 4.40 Å². The van der Waals surface area contributed by atoms with E-state index in [2.05, 4.69) is 37.3 Å². The molecule has 1 aromatic rings. The zero-order valence-electron chi connectivity index (χ0n) is 11.4. The van der Waals surface area contributed by atoms with Crippen LogP contribution >= 0.6 is 11.9 Å². The second-order valence-electron chi connectivity index (χ2n) is 5.36. The van der Waals surface area contributed by atoms with Gasteiger partial charge in [-0.05, 0) is 29.2 Å². The van der Waals surface area contributed by atoms with Crippen LogP contribution in [-0.4, -0.2) is 5.90 Å². The first-order chi connectivity index (χ1) is 8.95. The number of allylic oxidation sites excluding steroid dienone is 1. The predicted molar refractivity (Wildman–Crippen MR) is 82.2 cm³/mol. The lowest BCUT2D eigenvalue weighted by atomic mass is 9.87. The predicted octanol–water partition coefficient (Wildman–Crippen LogP) is 3.78. The van der Waals surface area contributed by atoms with Gasteiger partial charge < -0.3 is 10.5 Å². The van der Waals surface area contributed by atoms with E-state index in [9.17, 15) is 0 Å². The summed E-state index contributed by atoms with van der Waals surface area (Å²) in [6.07, 6.45) is 3.55. The highest BCUT2D eigenvalue weighted by Crippen LogP contribution is 2.24. The van der Waals surface area contributed by atoms with Gasteiger partial charge in [0.15, 0.2) is 0 Å². The highest BCUT2D eigenvalue weighted by atomic mass is 32.2. The molecule has 1 aliphatic rings. The summed E-state index contributed by atoms with van der Waals surface area (Å²) in [7, 11) is 0. The van der Waals surface area contributed by atoms with Gasteiger partial charge in [0.2, 0.25) is 5.90 Å². The minimum atomic E-state index is 0.145. The molecule has 19 heavy (non-hydrogen) atoms. The van der Waals surface area contributed by atoms with Crippen LogP contribution in [0.3, 0.4) is 0 Å². The van der Waals surface area contributed by atoms with Gasteiger partial charge in [-0.25, -0.2) is 0 Å². The van der Waals surface area contributed by atoms with E-state index in [0.717, 1.165) is 5.75 Å². The molecular formula is C15H18N2OS. The summed E-state index contributed by atoms with van der Waals surface area (Å²) in [5.74, 6) is 1.32. The molecule has 0 aromatic heterocycles. The molecular weight excluding hydrogens is 256 g/mol. The number of nitrogens with two attached hydrogens (primary N) is 1. The molecule has 4 heteroatoms. The van der Waals surface area contributed by atoms with E-state index >= 15 is 0 Å². The first-order valence-electron chi connectivity index (χ1n) is 6.11. The standard InChI is InChI=1S/C15H18N2OS/c1-15(2,3)11-4-7-13(8-5-11)18-14-9-6-12(16)10-19-17-14/h4-10H,16H2,1-3H3. The Hall–Kier alpha value is -1.68. The van der Waals surface area contributed by atoms with Gasteiger partial charge in [0.05, 0.1) is 0 Å². The fraction of sp³-hybridized carbons (Fsp3) is 0.267. The third-order valence-electron chi connectivity index (χ3n) is 2.69. The molecule has 1 heterocycles. The maximum absolute atomic E-state index is 5.70. The van der Waals surface area contributed by atoms with Crippen molar-refractivity contribution in [1.29, 1.82) is 0 Å². The number of hydrogen-bond donors (Lipinski definition) is 1. The lowest BCUT2D eigenvalue weighted by Crippen LogP contribution is -2.11. The van der Waals surface area contributed by atoms with Crippen molar-refractivity contribution in [2.75, 3.05) is 0 Å². The van der Waals surface area contributed by atoms with E-state index in [-0.39, 0.29) is 5.41 Å². The summed E-state index contributed by atoms with van der Waals surface area (Å²) in [6, 6.07) is 8.08. The van der Waals surface area contributed by atoms with Crippen LogP contribution in [0.25, 0.3) is 0 Å². The quantitative estimate of drug-likeness (QED) is 0.793. The monoisotopic (exact) mass is 274 g/mol. The first-order valence-corrected chi connectivity index (χ1v) is 6.95. The van der Waals surface area contributed by atoms with Crippen LogP contribution in [0.5, 0.6) is 5.75 Å².